The Hall–Kier alpha value is -2.55. The summed E-state index contributed by atoms with van der Waals surface area (Å²) in [5.41, 5.74) is -0.0623. The largest absolute Gasteiger partial charge is 0.507 e. The number of oxime groups is 1. The lowest BCUT2D eigenvalue weighted by atomic mass is 10.0. The normalized spacial score (nSPS) is 27.4. The minimum absolute atomic E-state index is 0.0324. The van der Waals surface area contributed by atoms with Crippen molar-refractivity contribution in [1.82, 2.24) is 0 Å². The second-order valence-electron chi connectivity index (χ2n) is 6.22. The number of phenolic OH excluding ortho intramolecular Hbond substituents is 2. The first-order valence-electron chi connectivity index (χ1n) is 8.51. The molecule has 0 saturated heterocycles. The van der Waals surface area contributed by atoms with Crippen molar-refractivity contribution in [2.75, 3.05) is 7.11 Å². The summed E-state index contributed by atoms with van der Waals surface area (Å²) in [5, 5.41) is 44.0. The molecule has 4 N–H and O–H groups in total. The van der Waals surface area contributed by atoms with Gasteiger partial charge in [-0.2, -0.15) is 0 Å². The Morgan fingerprint density at radius 3 is 2.54 bits per heavy atom. The first-order valence-corrected chi connectivity index (χ1v) is 8.89. The molecule has 8 nitrogen and oxygen atoms in total. The molecule has 0 amide bonds. The quantitative estimate of drug-likeness (QED) is 0.412. The van der Waals surface area contributed by atoms with Crippen LogP contribution in [0.15, 0.2) is 29.5 Å². The average Bonchev–Trinajstić information content (AvgIpc) is 2.63. The number of esters is 1. The molecule has 1 heterocycles. The van der Waals surface area contributed by atoms with E-state index in [1.54, 1.807) is 13.0 Å². The predicted molar refractivity (Wildman–Crippen MR) is 104 cm³/mol. The number of aliphatic hydroxyl groups is 2. The molecule has 0 bridgehead atoms. The van der Waals surface area contributed by atoms with Crippen LogP contribution in [-0.2, 0) is 9.57 Å². The summed E-state index contributed by atoms with van der Waals surface area (Å²) in [6.45, 7) is 1.64. The zero-order valence-electron chi connectivity index (χ0n) is 15.4. The second kappa shape index (κ2) is 9.59. The van der Waals surface area contributed by atoms with Gasteiger partial charge in [-0.25, -0.2) is 4.79 Å². The summed E-state index contributed by atoms with van der Waals surface area (Å²) in [6.07, 6.45) is 2.98. The zero-order valence-corrected chi connectivity index (χ0v) is 16.1. The lowest BCUT2D eigenvalue weighted by Crippen LogP contribution is -2.32. The molecular weight excluding hydrogens is 390 g/mol. The Labute approximate surface area is 167 Å². The van der Waals surface area contributed by atoms with Crippen LogP contribution in [0.3, 0.4) is 0 Å². The summed E-state index contributed by atoms with van der Waals surface area (Å²) in [6, 6.07) is 0.954. The molecule has 0 radical (unpaired) electrons. The van der Waals surface area contributed by atoms with Crippen LogP contribution in [0.1, 0.15) is 35.7 Å². The highest BCUT2D eigenvalue weighted by Crippen LogP contribution is 2.37. The molecule has 0 aromatic heterocycles. The van der Waals surface area contributed by atoms with E-state index in [0.717, 1.165) is 6.07 Å². The third kappa shape index (κ3) is 5.03. The van der Waals surface area contributed by atoms with Gasteiger partial charge < -0.3 is 30.0 Å². The Bertz CT molecular complexity index is 819. The van der Waals surface area contributed by atoms with Gasteiger partial charge >= 0.3 is 5.97 Å². The van der Waals surface area contributed by atoms with E-state index in [-0.39, 0.29) is 34.7 Å². The van der Waals surface area contributed by atoms with Gasteiger partial charge in [0.25, 0.3) is 0 Å². The molecule has 3 atom stereocenters. The molecule has 2 rings (SSSR count). The summed E-state index contributed by atoms with van der Waals surface area (Å²) >= 11 is 6.09. The first-order chi connectivity index (χ1) is 13.3. The van der Waals surface area contributed by atoms with E-state index < -0.39 is 35.8 Å². The Morgan fingerprint density at radius 2 is 1.86 bits per heavy atom. The zero-order chi connectivity index (χ0) is 20.8. The van der Waals surface area contributed by atoms with Crippen LogP contribution in [0.2, 0.25) is 5.02 Å². The van der Waals surface area contributed by atoms with Gasteiger partial charge in [0.2, 0.25) is 0 Å². The minimum Gasteiger partial charge on any atom is -0.507 e. The van der Waals surface area contributed by atoms with E-state index in [2.05, 4.69) is 5.16 Å². The maximum atomic E-state index is 12.5. The second-order valence-corrected chi connectivity index (χ2v) is 6.60. The number of cyclic esters (lactones) is 1. The maximum Gasteiger partial charge on any atom is 0.342 e. The minimum atomic E-state index is -1.32. The number of carbonyl (C=O) groups is 1. The Morgan fingerprint density at radius 1 is 1.18 bits per heavy atom. The van der Waals surface area contributed by atoms with Crippen molar-refractivity contribution in [3.05, 3.63) is 40.4 Å². The molecule has 28 heavy (non-hydrogen) atoms. The lowest BCUT2D eigenvalue weighted by Gasteiger charge is -2.18. The fraction of sp³-hybridized carbons (Fsp3) is 0.368. The highest BCUT2D eigenvalue weighted by molar-refractivity contribution is 6.34. The first kappa shape index (κ1) is 21.7. The van der Waals surface area contributed by atoms with Gasteiger partial charge in [-0.3, -0.25) is 0 Å². The van der Waals surface area contributed by atoms with Gasteiger partial charge in [0, 0.05) is 18.1 Å². The summed E-state index contributed by atoms with van der Waals surface area (Å²) in [5.74, 6) is -1.72. The third-order valence-electron chi connectivity index (χ3n) is 4.06. The van der Waals surface area contributed by atoms with Crippen LogP contribution in [0, 0.1) is 0 Å². The number of benzene rings is 1. The van der Waals surface area contributed by atoms with Crippen molar-refractivity contribution in [2.45, 2.75) is 38.1 Å². The van der Waals surface area contributed by atoms with Gasteiger partial charge in [-0.1, -0.05) is 35.0 Å². The number of nitrogens with zero attached hydrogens (tertiary/aromatic N) is 1. The SMILES string of the molecule is CO/N=C1\C=C/C[C@H](C)OC(=O)c2c(O)cc(O)c(Cl)c2/C=C/C[C@H](O)[C@@H]1O. The van der Waals surface area contributed by atoms with Crippen molar-refractivity contribution in [3.8, 4) is 11.5 Å². The van der Waals surface area contributed by atoms with Crippen LogP contribution in [0.25, 0.3) is 6.08 Å². The molecule has 0 fully saturated rings. The maximum absolute atomic E-state index is 12.5. The number of phenols is 2. The molecule has 0 unspecified atom stereocenters. The predicted octanol–water partition coefficient (Wildman–Crippen LogP) is 2.38. The molecular formula is C19H22ClNO7. The average molecular weight is 412 g/mol. The molecule has 0 spiro atoms. The number of ether oxygens (including phenoxy) is 1. The number of hydrogen-bond acceptors (Lipinski definition) is 8. The van der Waals surface area contributed by atoms with Crippen LogP contribution in [0.4, 0.5) is 0 Å². The molecule has 152 valence electrons. The Balaban J connectivity index is 2.51. The summed E-state index contributed by atoms with van der Waals surface area (Å²) in [4.78, 5) is 17.2. The van der Waals surface area contributed by atoms with E-state index >= 15 is 0 Å². The standard InChI is InChI=1S/C19H22ClNO7/c1-10-5-3-7-12(21-27-2)18(25)13(22)8-4-6-11-16(19(26)28-10)14(23)9-15(24)17(11)20/h3-4,6-7,9-10,13,18,22-25H,5,8H2,1-2H3/b6-4+,7-3-,21-12+/t10-,13-,18+/m0/s1. The summed E-state index contributed by atoms with van der Waals surface area (Å²) < 4.78 is 5.33. The molecule has 1 aliphatic heterocycles. The molecule has 1 aromatic carbocycles. The van der Waals surface area contributed by atoms with E-state index in [1.807, 2.05) is 0 Å². The van der Waals surface area contributed by atoms with Crippen molar-refractivity contribution >= 4 is 29.4 Å². The third-order valence-corrected chi connectivity index (χ3v) is 4.45. The molecule has 0 aliphatic carbocycles. The van der Waals surface area contributed by atoms with Gasteiger partial charge in [0.15, 0.2) is 0 Å². The van der Waals surface area contributed by atoms with E-state index in [0.29, 0.717) is 0 Å². The number of aliphatic hydroxyl groups excluding tert-OH is 2. The van der Waals surface area contributed by atoms with Gasteiger partial charge in [-0.15, -0.1) is 0 Å². The lowest BCUT2D eigenvalue weighted by molar-refractivity contribution is 0.0344. The van der Waals surface area contributed by atoms with Gasteiger partial charge in [0.1, 0.15) is 42.1 Å². The van der Waals surface area contributed by atoms with E-state index in [1.165, 1.54) is 25.3 Å². The Kier molecular flexibility index (Phi) is 7.45. The number of rotatable bonds is 1. The number of carbonyl (C=O) groups excluding carboxylic acids is 1. The monoisotopic (exact) mass is 411 g/mol. The van der Waals surface area contributed by atoms with Crippen LogP contribution in [-0.4, -0.2) is 57.5 Å². The van der Waals surface area contributed by atoms with E-state index in [9.17, 15) is 25.2 Å². The van der Waals surface area contributed by atoms with E-state index in [4.69, 9.17) is 21.2 Å². The topological polar surface area (TPSA) is 129 Å². The van der Waals surface area contributed by atoms with Crippen molar-refractivity contribution in [2.24, 2.45) is 5.16 Å². The van der Waals surface area contributed by atoms with Gasteiger partial charge in [-0.05, 0) is 19.4 Å². The number of halogens is 1. The van der Waals surface area contributed by atoms with Crippen molar-refractivity contribution in [1.29, 1.82) is 0 Å². The fourth-order valence-corrected chi connectivity index (χ4v) is 2.84. The van der Waals surface area contributed by atoms with Gasteiger partial charge in [0.05, 0.1) is 11.1 Å². The molecule has 0 saturated carbocycles. The van der Waals surface area contributed by atoms with Crippen LogP contribution >= 0.6 is 11.6 Å². The highest BCUT2D eigenvalue weighted by Gasteiger charge is 2.25. The molecule has 1 aromatic rings. The van der Waals surface area contributed by atoms with Crippen molar-refractivity contribution in [3.63, 3.8) is 0 Å². The number of hydrogen-bond donors (Lipinski definition) is 4. The molecule has 9 heteroatoms. The number of aromatic hydroxyl groups is 2. The fourth-order valence-electron chi connectivity index (χ4n) is 2.63. The van der Waals surface area contributed by atoms with Crippen molar-refractivity contribution < 1.29 is 34.8 Å². The van der Waals surface area contributed by atoms with Crippen LogP contribution in [0.5, 0.6) is 11.5 Å². The summed E-state index contributed by atoms with van der Waals surface area (Å²) in [7, 11) is 1.31. The smallest absolute Gasteiger partial charge is 0.342 e. The highest BCUT2D eigenvalue weighted by atomic mass is 35.5. The van der Waals surface area contributed by atoms with Crippen LogP contribution < -0.4 is 0 Å². The molecule has 1 aliphatic rings. The number of fused-ring (bicyclic) bond motifs is 1.